The summed E-state index contributed by atoms with van der Waals surface area (Å²) in [7, 11) is 0. The topological polar surface area (TPSA) is 90.9 Å². The SMILES string of the molecule is Cc1cc(=O)n(Cc2nnsc2Cl)cc1[N+](=O)[O-]. The van der Waals surface area contributed by atoms with Gasteiger partial charge in [0.25, 0.3) is 11.2 Å². The number of nitro groups is 1. The third kappa shape index (κ3) is 2.39. The van der Waals surface area contributed by atoms with Crippen LogP contribution < -0.4 is 5.56 Å². The van der Waals surface area contributed by atoms with Crippen molar-refractivity contribution in [3.8, 4) is 0 Å². The van der Waals surface area contributed by atoms with Crippen LogP contribution in [0.15, 0.2) is 17.1 Å². The maximum atomic E-state index is 11.7. The molecule has 0 N–H and O–H groups in total. The molecule has 18 heavy (non-hydrogen) atoms. The van der Waals surface area contributed by atoms with Gasteiger partial charge in [-0.25, -0.2) is 0 Å². The molecule has 0 aromatic carbocycles. The molecule has 94 valence electrons. The summed E-state index contributed by atoms with van der Waals surface area (Å²) in [5, 5.41) is 14.5. The molecule has 0 spiro atoms. The molecule has 2 rings (SSSR count). The highest BCUT2D eigenvalue weighted by molar-refractivity contribution is 7.10. The van der Waals surface area contributed by atoms with E-state index in [0.717, 1.165) is 11.5 Å². The van der Waals surface area contributed by atoms with Crippen molar-refractivity contribution in [1.82, 2.24) is 14.2 Å². The maximum absolute atomic E-state index is 11.7. The summed E-state index contributed by atoms with van der Waals surface area (Å²) in [5.41, 5.74) is 0.279. The van der Waals surface area contributed by atoms with Gasteiger partial charge in [-0.15, -0.1) is 5.10 Å². The fourth-order valence-electron chi connectivity index (χ4n) is 1.42. The van der Waals surface area contributed by atoms with E-state index in [-0.39, 0.29) is 17.8 Å². The molecule has 0 atom stereocenters. The zero-order valence-electron chi connectivity index (χ0n) is 9.16. The fourth-order valence-corrected chi connectivity index (χ4v) is 2.03. The smallest absolute Gasteiger partial charge is 0.288 e. The number of aryl methyl sites for hydroxylation is 1. The molecule has 2 aromatic heterocycles. The number of hydrogen-bond acceptors (Lipinski definition) is 6. The van der Waals surface area contributed by atoms with Gasteiger partial charge in [0, 0.05) is 23.2 Å². The van der Waals surface area contributed by atoms with Crippen molar-refractivity contribution in [2.75, 3.05) is 0 Å². The van der Waals surface area contributed by atoms with Crippen LogP contribution in [0.5, 0.6) is 0 Å². The number of aromatic nitrogens is 3. The summed E-state index contributed by atoms with van der Waals surface area (Å²) >= 11 is 6.82. The second-order valence-electron chi connectivity index (χ2n) is 3.56. The second kappa shape index (κ2) is 4.83. The molecule has 2 heterocycles. The van der Waals surface area contributed by atoms with Crippen LogP contribution in [0.2, 0.25) is 4.34 Å². The van der Waals surface area contributed by atoms with Crippen molar-refractivity contribution in [2.24, 2.45) is 0 Å². The molecular formula is C9H7ClN4O3S. The van der Waals surface area contributed by atoms with Gasteiger partial charge < -0.3 is 4.57 Å². The predicted molar refractivity (Wildman–Crippen MR) is 66.1 cm³/mol. The molecule has 0 aliphatic rings. The number of pyridine rings is 1. The number of halogens is 1. The average Bonchev–Trinajstić information content (AvgIpc) is 2.67. The molecule has 9 heteroatoms. The van der Waals surface area contributed by atoms with E-state index in [1.165, 1.54) is 23.8 Å². The first-order valence-electron chi connectivity index (χ1n) is 4.81. The lowest BCUT2D eigenvalue weighted by Gasteiger charge is -2.04. The van der Waals surface area contributed by atoms with E-state index in [4.69, 9.17) is 11.6 Å². The van der Waals surface area contributed by atoms with E-state index in [0.29, 0.717) is 15.6 Å². The van der Waals surface area contributed by atoms with Crippen LogP contribution in [0, 0.1) is 17.0 Å². The van der Waals surface area contributed by atoms with E-state index in [1.807, 2.05) is 0 Å². The molecule has 0 fully saturated rings. The molecule has 2 aromatic rings. The van der Waals surface area contributed by atoms with E-state index < -0.39 is 4.92 Å². The maximum Gasteiger partial charge on any atom is 0.288 e. The van der Waals surface area contributed by atoms with Gasteiger partial charge >= 0.3 is 0 Å². The first kappa shape index (κ1) is 12.7. The Hall–Kier alpha value is -1.80. The molecule has 0 aliphatic heterocycles. The lowest BCUT2D eigenvalue weighted by molar-refractivity contribution is -0.385. The molecule has 0 aliphatic carbocycles. The van der Waals surface area contributed by atoms with Crippen LogP contribution in [-0.4, -0.2) is 19.1 Å². The third-order valence-electron chi connectivity index (χ3n) is 2.33. The molecule has 0 saturated heterocycles. The van der Waals surface area contributed by atoms with Crippen molar-refractivity contribution < 1.29 is 4.92 Å². The standard InChI is InChI=1S/C9H7ClN4O3S/c1-5-2-8(15)13(4-7(5)14(16)17)3-6-9(10)18-12-11-6/h2,4H,3H2,1H3. The second-order valence-corrected chi connectivity index (χ2v) is 4.91. The Balaban J connectivity index is 2.45. The van der Waals surface area contributed by atoms with Crippen molar-refractivity contribution in [3.05, 3.63) is 48.3 Å². The van der Waals surface area contributed by atoms with Crippen LogP contribution >= 0.6 is 23.1 Å². The van der Waals surface area contributed by atoms with Crippen LogP contribution in [0.1, 0.15) is 11.3 Å². The van der Waals surface area contributed by atoms with Crippen LogP contribution in [0.25, 0.3) is 0 Å². The van der Waals surface area contributed by atoms with Gasteiger partial charge in [0.2, 0.25) is 0 Å². The highest BCUT2D eigenvalue weighted by atomic mass is 35.5. The Kier molecular flexibility index (Phi) is 3.39. The molecule has 0 unspecified atom stereocenters. The van der Waals surface area contributed by atoms with Gasteiger partial charge in [-0.3, -0.25) is 14.9 Å². The normalized spacial score (nSPS) is 10.6. The first-order valence-corrected chi connectivity index (χ1v) is 5.96. The monoisotopic (exact) mass is 286 g/mol. The van der Waals surface area contributed by atoms with Gasteiger partial charge in [-0.1, -0.05) is 16.1 Å². The van der Waals surface area contributed by atoms with Gasteiger partial charge in [0.1, 0.15) is 10.0 Å². The quantitative estimate of drug-likeness (QED) is 0.631. The van der Waals surface area contributed by atoms with Gasteiger partial charge in [-0.05, 0) is 6.92 Å². The summed E-state index contributed by atoms with van der Waals surface area (Å²) < 4.78 is 5.19. The zero-order chi connectivity index (χ0) is 13.3. The summed E-state index contributed by atoms with van der Waals surface area (Å²) in [6, 6.07) is 1.21. The third-order valence-corrected chi connectivity index (χ3v) is 3.32. The summed E-state index contributed by atoms with van der Waals surface area (Å²) in [6.45, 7) is 1.58. The molecule has 0 radical (unpaired) electrons. The van der Waals surface area contributed by atoms with Gasteiger partial charge in [0.05, 0.1) is 17.7 Å². The van der Waals surface area contributed by atoms with Crippen molar-refractivity contribution in [3.63, 3.8) is 0 Å². The minimum Gasteiger partial charge on any atom is -0.303 e. The highest BCUT2D eigenvalue weighted by Crippen LogP contribution is 2.19. The Bertz CT molecular complexity index is 666. The van der Waals surface area contributed by atoms with Crippen molar-refractivity contribution in [2.45, 2.75) is 13.5 Å². The largest absolute Gasteiger partial charge is 0.303 e. The van der Waals surface area contributed by atoms with Crippen LogP contribution in [0.4, 0.5) is 5.69 Å². The Morgan fingerprint density at radius 3 is 2.89 bits per heavy atom. The summed E-state index contributed by atoms with van der Waals surface area (Å²) in [4.78, 5) is 22.0. The van der Waals surface area contributed by atoms with Crippen molar-refractivity contribution >= 4 is 28.8 Å². The lowest BCUT2D eigenvalue weighted by atomic mass is 10.2. The van der Waals surface area contributed by atoms with E-state index in [9.17, 15) is 14.9 Å². The Labute approximate surface area is 110 Å². The molecule has 0 amide bonds. The van der Waals surface area contributed by atoms with Gasteiger partial charge in [0.15, 0.2) is 0 Å². The Morgan fingerprint density at radius 1 is 1.61 bits per heavy atom. The Morgan fingerprint density at radius 2 is 2.33 bits per heavy atom. The number of rotatable bonds is 3. The van der Waals surface area contributed by atoms with E-state index >= 15 is 0 Å². The molecule has 0 bridgehead atoms. The minimum absolute atomic E-state index is 0.0648. The van der Waals surface area contributed by atoms with Gasteiger partial charge in [-0.2, -0.15) is 0 Å². The minimum atomic E-state index is -0.536. The molecule has 7 nitrogen and oxygen atoms in total. The van der Waals surface area contributed by atoms with Crippen molar-refractivity contribution in [1.29, 1.82) is 0 Å². The lowest BCUT2D eigenvalue weighted by Crippen LogP contribution is -2.21. The zero-order valence-corrected chi connectivity index (χ0v) is 10.7. The molecule has 0 saturated carbocycles. The molecular weight excluding hydrogens is 280 g/mol. The van der Waals surface area contributed by atoms with E-state index in [2.05, 4.69) is 9.59 Å². The van der Waals surface area contributed by atoms with Crippen LogP contribution in [0.3, 0.4) is 0 Å². The highest BCUT2D eigenvalue weighted by Gasteiger charge is 2.15. The predicted octanol–water partition coefficient (Wildman–Crippen LogP) is 1.62. The average molecular weight is 287 g/mol. The number of nitrogens with zero attached hydrogens (tertiary/aromatic N) is 4. The summed E-state index contributed by atoms with van der Waals surface area (Å²) in [5.74, 6) is 0. The van der Waals surface area contributed by atoms with Crippen LogP contribution in [-0.2, 0) is 6.54 Å². The number of hydrogen-bond donors (Lipinski definition) is 0. The fraction of sp³-hybridized carbons (Fsp3) is 0.222. The summed E-state index contributed by atoms with van der Waals surface area (Å²) in [6.07, 6.45) is 1.19. The first-order chi connectivity index (χ1) is 8.49. The van der Waals surface area contributed by atoms with E-state index in [1.54, 1.807) is 0 Å².